The minimum Gasteiger partial charge on any atom is -0.456 e. The molecule has 2 rings (SSSR count). The van der Waals surface area contributed by atoms with Gasteiger partial charge in [0.05, 0.1) is 11.3 Å². The standard InChI is InChI=1S/C15H17F3N2O6S/c16-15(17,18)26-11-3-5-12(6-4-11)27(23,24)19-8-7-14(22)25-9-13(21)20-10-1-2-10/h3-6,10,19H,1-2,7-9H2,(H,20,21). The predicted molar refractivity (Wildman–Crippen MR) is 85.1 cm³/mol. The van der Waals surface area contributed by atoms with Crippen LogP contribution in [0, 0.1) is 0 Å². The zero-order chi connectivity index (χ0) is 20.1. The van der Waals surface area contributed by atoms with E-state index in [0.29, 0.717) is 0 Å². The highest BCUT2D eigenvalue weighted by molar-refractivity contribution is 7.89. The first-order valence-corrected chi connectivity index (χ1v) is 9.34. The highest BCUT2D eigenvalue weighted by Crippen LogP contribution is 2.23. The van der Waals surface area contributed by atoms with Crippen LogP contribution in [0.1, 0.15) is 19.3 Å². The van der Waals surface area contributed by atoms with Gasteiger partial charge in [-0.2, -0.15) is 0 Å². The van der Waals surface area contributed by atoms with E-state index in [-0.39, 0.29) is 23.9 Å². The van der Waals surface area contributed by atoms with Crippen LogP contribution in [0.25, 0.3) is 0 Å². The quantitative estimate of drug-likeness (QED) is 0.590. The first-order chi connectivity index (χ1) is 12.5. The van der Waals surface area contributed by atoms with Crippen molar-refractivity contribution >= 4 is 21.9 Å². The molecule has 0 bridgehead atoms. The molecule has 1 aromatic carbocycles. The molecule has 0 unspecified atom stereocenters. The molecule has 27 heavy (non-hydrogen) atoms. The second kappa shape index (κ2) is 8.57. The van der Waals surface area contributed by atoms with Crippen LogP contribution in [0.2, 0.25) is 0 Å². The molecule has 0 aliphatic heterocycles. The van der Waals surface area contributed by atoms with Crippen molar-refractivity contribution in [3.05, 3.63) is 24.3 Å². The molecule has 1 fully saturated rings. The Morgan fingerprint density at radius 1 is 1.15 bits per heavy atom. The first kappa shape index (κ1) is 21.0. The van der Waals surface area contributed by atoms with Crippen LogP contribution in [0.5, 0.6) is 5.75 Å². The van der Waals surface area contributed by atoms with Crippen LogP contribution in [-0.2, 0) is 24.3 Å². The van der Waals surface area contributed by atoms with Crippen LogP contribution in [0.4, 0.5) is 13.2 Å². The summed E-state index contributed by atoms with van der Waals surface area (Å²) in [4.78, 5) is 22.5. The number of hydrogen-bond acceptors (Lipinski definition) is 6. The lowest BCUT2D eigenvalue weighted by molar-refractivity contribution is -0.274. The van der Waals surface area contributed by atoms with Crippen LogP contribution in [0.15, 0.2) is 29.2 Å². The Morgan fingerprint density at radius 2 is 1.78 bits per heavy atom. The summed E-state index contributed by atoms with van der Waals surface area (Å²) in [5.41, 5.74) is 0. The van der Waals surface area contributed by atoms with Gasteiger partial charge in [0.2, 0.25) is 10.0 Å². The molecule has 1 aliphatic carbocycles. The molecule has 0 saturated heterocycles. The van der Waals surface area contributed by atoms with E-state index >= 15 is 0 Å². The lowest BCUT2D eigenvalue weighted by Crippen LogP contribution is -2.31. The molecule has 8 nitrogen and oxygen atoms in total. The number of carbonyl (C=O) groups is 2. The summed E-state index contributed by atoms with van der Waals surface area (Å²) in [5.74, 6) is -1.75. The zero-order valence-electron chi connectivity index (χ0n) is 13.9. The average molecular weight is 410 g/mol. The number of nitrogens with one attached hydrogen (secondary N) is 2. The number of rotatable bonds is 9. The lowest BCUT2D eigenvalue weighted by atomic mass is 10.3. The summed E-state index contributed by atoms with van der Waals surface area (Å²) in [5, 5.41) is 2.62. The van der Waals surface area contributed by atoms with E-state index in [0.717, 1.165) is 37.1 Å². The van der Waals surface area contributed by atoms with Gasteiger partial charge in [0, 0.05) is 12.6 Å². The van der Waals surface area contributed by atoms with E-state index in [1.807, 2.05) is 0 Å². The number of sulfonamides is 1. The number of hydrogen-bond donors (Lipinski definition) is 2. The fourth-order valence-corrected chi connectivity index (χ4v) is 2.94. The molecule has 2 N–H and O–H groups in total. The molecule has 1 amide bonds. The van der Waals surface area contributed by atoms with Crippen molar-refractivity contribution in [3.63, 3.8) is 0 Å². The van der Waals surface area contributed by atoms with Gasteiger partial charge in [-0.05, 0) is 37.1 Å². The Kier molecular flexibility index (Phi) is 6.65. The highest BCUT2D eigenvalue weighted by atomic mass is 32.2. The molecule has 1 aromatic rings. The fourth-order valence-electron chi connectivity index (χ4n) is 1.91. The predicted octanol–water partition coefficient (Wildman–Crippen LogP) is 1.08. The largest absolute Gasteiger partial charge is 0.573 e. The maximum Gasteiger partial charge on any atom is 0.573 e. The number of halogens is 3. The van der Waals surface area contributed by atoms with Crippen molar-refractivity contribution in [3.8, 4) is 5.75 Å². The number of esters is 1. The second-order valence-corrected chi connectivity index (χ2v) is 7.44. The van der Waals surface area contributed by atoms with Crippen LogP contribution in [0.3, 0.4) is 0 Å². The number of carbonyl (C=O) groups excluding carboxylic acids is 2. The number of ether oxygens (including phenoxy) is 2. The van der Waals surface area contributed by atoms with Gasteiger partial charge in [-0.3, -0.25) is 9.59 Å². The maximum atomic E-state index is 12.1. The molecule has 0 heterocycles. The minimum atomic E-state index is -4.88. The molecule has 1 aliphatic rings. The monoisotopic (exact) mass is 410 g/mol. The third-order valence-corrected chi connectivity index (χ3v) is 4.77. The Balaban J connectivity index is 1.75. The molecule has 0 radical (unpaired) electrons. The van der Waals surface area contributed by atoms with Gasteiger partial charge in [-0.25, -0.2) is 13.1 Å². The fraction of sp³-hybridized carbons (Fsp3) is 0.467. The van der Waals surface area contributed by atoms with Crippen molar-refractivity contribution < 1.29 is 40.7 Å². The topological polar surface area (TPSA) is 111 Å². The smallest absolute Gasteiger partial charge is 0.456 e. The molecule has 0 aromatic heterocycles. The summed E-state index contributed by atoms with van der Waals surface area (Å²) in [6.45, 7) is -0.741. The van der Waals surface area contributed by atoms with E-state index in [9.17, 15) is 31.2 Å². The summed E-state index contributed by atoms with van der Waals surface area (Å²) < 4.78 is 70.7. The molecular weight excluding hydrogens is 393 g/mol. The van der Waals surface area contributed by atoms with Gasteiger partial charge < -0.3 is 14.8 Å². The van der Waals surface area contributed by atoms with Crippen molar-refractivity contribution in [1.82, 2.24) is 10.0 Å². The van der Waals surface area contributed by atoms with E-state index in [2.05, 4.69) is 14.8 Å². The summed E-state index contributed by atoms with van der Waals surface area (Å²) in [7, 11) is -4.03. The van der Waals surface area contributed by atoms with Gasteiger partial charge in [0.1, 0.15) is 5.75 Å². The number of amides is 1. The third-order valence-electron chi connectivity index (χ3n) is 3.30. The van der Waals surface area contributed by atoms with Crippen molar-refractivity contribution in [2.45, 2.75) is 36.6 Å². The average Bonchev–Trinajstić information content (AvgIpc) is 3.36. The first-order valence-electron chi connectivity index (χ1n) is 7.86. The molecule has 1 saturated carbocycles. The van der Waals surface area contributed by atoms with E-state index in [1.165, 1.54) is 0 Å². The second-order valence-electron chi connectivity index (χ2n) is 5.67. The summed E-state index contributed by atoms with van der Waals surface area (Å²) >= 11 is 0. The van der Waals surface area contributed by atoms with Gasteiger partial charge >= 0.3 is 12.3 Å². The summed E-state index contributed by atoms with van der Waals surface area (Å²) in [6.07, 6.45) is -3.41. The van der Waals surface area contributed by atoms with Crippen molar-refractivity contribution in [1.29, 1.82) is 0 Å². The van der Waals surface area contributed by atoms with Gasteiger partial charge in [-0.15, -0.1) is 13.2 Å². The van der Waals surface area contributed by atoms with Crippen molar-refractivity contribution in [2.24, 2.45) is 0 Å². The molecular formula is C15H17F3N2O6S. The third kappa shape index (κ3) is 7.83. The highest BCUT2D eigenvalue weighted by Gasteiger charge is 2.31. The van der Waals surface area contributed by atoms with Gasteiger partial charge in [0.15, 0.2) is 6.61 Å². The number of alkyl halides is 3. The molecule has 12 heteroatoms. The molecule has 150 valence electrons. The van der Waals surface area contributed by atoms with Gasteiger partial charge in [0.25, 0.3) is 5.91 Å². The van der Waals surface area contributed by atoms with Crippen LogP contribution >= 0.6 is 0 Å². The van der Waals surface area contributed by atoms with E-state index < -0.39 is 40.6 Å². The Hall–Kier alpha value is -2.34. The Morgan fingerprint density at radius 3 is 2.33 bits per heavy atom. The van der Waals surface area contributed by atoms with E-state index in [1.54, 1.807) is 0 Å². The SMILES string of the molecule is O=C(COC(=O)CCNS(=O)(=O)c1ccc(OC(F)(F)F)cc1)NC1CC1. The van der Waals surface area contributed by atoms with Gasteiger partial charge in [-0.1, -0.05) is 0 Å². The van der Waals surface area contributed by atoms with Crippen molar-refractivity contribution in [2.75, 3.05) is 13.2 Å². The zero-order valence-corrected chi connectivity index (χ0v) is 14.7. The lowest BCUT2D eigenvalue weighted by Gasteiger charge is -2.10. The summed E-state index contributed by atoms with van der Waals surface area (Å²) in [6, 6.07) is 3.72. The van der Waals surface area contributed by atoms with E-state index in [4.69, 9.17) is 4.74 Å². The molecule has 0 spiro atoms. The molecule has 0 atom stereocenters. The van der Waals surface area contributed by atoms with Crippen LogP contribution < -0.4 is 14.8 Å². The Labute approximate surface area is 153 Å². The maximum absolute atomic E-state index is 12.1. The minimum absolute atomic E-state index is 0.135. The van der Waals surface area contributed by atoms with Crippen LogP contribution in [-0.4, -0.2) is 45.9 Å². The number of benzene rings is 1. The Bertz CT molecular complexity index is 776. The normalized spacial score (nSPS) is 14.5.